The number of nitrogens with zero attached hydrogens (tertiary/aromatic N) is 1. The number of nitrogens with two attached hydrogens (primary N) is 1. The predicted octanol–water partition coefficient (Wildman–Crippen LogP) is 4.74. The first-order chi connectivity index (χ1) is 9.99. The van der Waals surface area contributed by atoms with Gasteiger partial charge in [-0.05, 0) is 43.4 Å². The minimum atomic E-state index is 0.138. The standard InChI is InChI=1S/C18H29BrN2/c1-13(2)12-21(17-9-4-5-10-17)18(14(3)20)15-7-6-8-16(19)11-15/h6-8,11,13-14,17-18H,4-5,9-10,12,20H2,1-3H3. The number of rotatable bonds is 6. The zero-order valence-electron chi connectivity index (χ0n) is 13.6. The molecule has 1 aromatic carbocycles. The minimum absolute atomic E-state index is 0.138. The molecular formula is C18H29BrN2. The Hall–Kier alpha value is -0.380. The molecule has 2 nitrogen and oxygen atoms in total. The maximum absolute atomic E-state index is 6.41. The Morgan fingerprint density at radius 2 is 1.90 bits per heavy atom. The fourth-order valence-electron chi connectivity index (χ4n) is 3.63. The van der Waals surface area contributed by atoms with Crippen molar-refractivity contribution < 1.29 is 0 Å². The van der Waals surface area contributed by atoms with Crippen LogP contribution in [0.2, 0.25) is 0 Å². The molecule has 2 rings (SSSR count). The van der Waals surface area contributed by atoms with Gasteiger partial charge in [0, 0.05) is 29.1 Å². The van der Waals surface area contributed by atoms with Crippen LogP contribution in [-0.2, 0) is 0 Å². The van der Waals surface area contributed by atoms with Crippen molar-refractivity contribution in [3.8, 4) is 0 Å². The van der Waals surface area contributed by atoms with Gasteiger partial charge in [-0.15, -0.1) is 0 Å². The van der Waals surface area contributed by atoms with Gasteiger partial charge >= 0.3 is 0 Å². The summed E-state index contributed by atoms with van der Waals surface area (Å²) >= 11 is 3.60. The third kappa shape index (κ3) is 4.54. The molecule has 0 spiro atoms. The molecule has 118 valence electrons. The lowest BCUT2D eigenvalue weighted by molar-refractivity contribution is 0.104. The molecule has 21 heavy (non-hydrogen) atoms. The van der Waals surface area contributed by atoms with Gasteiger partial charge in [-0.3, -0.25) is 4.90 Å². The Morgan fingerprint density at radius 3 is 2.43 bits per heavy atom. The lowest BCUT2D eigenvalue weighted by Crippen LogP contribution is -2.46. The third-order valence-corrected chi connectivity index (χ3v) is 4.91. The van der Waals surface area contributed by atoms with Gasteiger partial charge in [-0.2, -0.15) is 0 Å². The van der Waals surface area contributed by atoms with Gasteiger partial charge in [-0.1, -0.05) is 54.8 Å². The molecule has 0 aliphatic heterocycles. The van der Waals surface area contributed by atoms with Crippen LogP contribution in [0.5, 0.6) is 0 Å². The summed E-state index contributed by atoms with van der Waals surface area (Å²) in [6, 6.07) is 9.81. The first kappa shape index (κ1) is 17.0. The first-order valence-electron chi connectivity index (χ1n) is 8.26. The van der Waals surface area contributed by atoms with E-state index in [4.69, 9.17) is 5.73 Å². The molecule has 1 saturated carbocycles. The summed E-state index contributed by atoms with van der Waals surface area (Å²) in [4.78, 5) is 2.68. The lowest BCUT2D eigenvalue weighted by atomic mass is 9.95. The number of hydrogen-bond acceptors (Lipinski definition) is 2. The van der Waals surface area contributed by atoms with Gasteiger partial charge in [0.25, 0.3) is 0 Å². The van der Waals surface area contributed by atoms with Gasteiger partial charge in [-0.25, -0.2) is 0 Å². The van der Waals surface area contributed by atoms with Crippen molar-refractivity contribution in [2.75, 3.05) is 6.54 Å². The quantitative estimate of drug-likeness (QED) is 0.801. The van der Waals surface area contributed by atoms with Crippen LogP contribution in [-0.4, -0.2) is 23.5 Å². The van der Waals surface area contributed by atoms with Gasteiger partial charge in [0.15, 0.2) is 0 Å². The SMILES string of the molecule is CC(C)CN(C1CCCC1)C(c1cccc(Br)c1)C(C)N. The zero-order chi connectivity index (χ0) is 15.4. The van der Waals surface area contributed by atoms with E-state index in [9.17, 15) is 0 Å². The Morgan fingerprint density at radius 1 is 1.24 bits per heavy atom. The van der Waals surface area contributed by atoms with E-state index in [1.54, 1.807) is 0 Å². The molecule has 1 aromatic rings. The summed E-state index contributed by atoms with van der Waals surface area (Å²) in [7, 11) is 0. The van der Waals surface area contributed by atoms with Crippen molar-refractivity contribution in [2.45, 2.75) is 64.6 Å². The van der Waals surface area contributed by atoms with Gasteiger partial charge < -0.3 is 5.73 Å². The number of benzene rings is 1. The van der Waals surface area contributed by atoms with Crippen molar-refractivity contribution in [2.24, 2.45) is 11.7 Å². The highest BCUT2D eigenvalue weighted by Gasteiger charge is 2.32. The molecule has 1 fully saturated rings. The van der Waals surface area contributed by atoms with Gasteiger partial charge in [0.05, 0.1) is 0 Å². The maximum atomic E-state index is 6.41. The van der Waals surface area contributed by atoms with Crippen molar-refractivity contribution in [1.29, 1.82) is 0 Å². The van der Waals surface area contributed by atoms with E-state index in [2.05, 4.69) is 65.9 Å². The first-order valence-corrected chi connectivity index (χ1v) is 9.05. The molecule has 2 unspecified atom stereocenters. The van der Waals surface area contributed by atoms with Crippen LogP contribution in [0.4, 0.5) is 0 Å². The molecule has 0 radical (unpaired) electrons. The van der Waals surface area contributed by atoms with E-state index in [0.717, 1.165) is 11.0 Å². The normalized spacial score (nSPS) is 19.4. The number of halogens is 1. The van der Waals surface area contributed by atoms with E-state index in [-0.39, 0.29) is 6.04 Å². The van der Waals surface area contributed by atoms with Crippen molar-refractivity contribution >= 4 is 15.9 Å². The topological polar surface area (TPSA) is 29.3 Å². The Kier molecular flexibility index (Phi) is 6.27. The second kappa shape index (κ2) is 7.75. The second-order valence-electron chi connectivity index (χ2n) is 6.89. The molecule has 0 heterocycles. The van der Waals surface area contributed by atoms with Crippen molar-refractivity contribution in [3.05, 3.63) is 34.3 Å². The molecule has 0 bridgehead atoms. The summed E-state index contributed by atoms with van der Waals surface area (Å²) in [5, 5.41) is 0. The summed E-state index contributed by atoms with van der Waals surface area (Å²) in [5.74, 6) is 0.666. The minimum Gasteiger partial charge on any atom is -0.326 e. The summed E-state index contributed by atoms with van der Waals surface area (Å²) in [5.41, 5.74) is 7.75. The Labute approximate surface area is 138 Å². The third-order valence-electron chi connectivity index (χ3n) is 4.42. The van der Waals surface area contributed by atoms with Gasteiger partial charge in [0.1, 0.15) is 0 Å². The van der Waals surface area contributed by atoms with E-state index in [1.807, 2.05) is 0 Å². The highest BCUT2D eigenvalue weighted by atomic mass is 79.9. The van der Waals surface area contributed by atoms with E-state index < -0.39 is 0 Å². The second-order valence-corrected chi connectivity index (χ2v) is 7.80. The van der Waals surface area contributed by atoms with Crippen LogP contribution in [0.1, 0.15) is 58.1 Å². The molecular weight excluding hydrogens is 324 g/mol. The fourth-order valence-corrected chi connectivity index (χ4v) is 4.05. The summed E-state index contributed by atoms with van der Waals surface area (Å²) in [6.07, 6.45) is 5.38. The fraction of sp³-hybridized carbons (Fsp3) is 0.667. The molecule has 1 aliphatic carbocycles. The largest absolute Gasteiger partial charge is 0.326 e. The molecule has 2 N–H and O–H groups in total. The molecule has 0 aromatic heterocycles. The number of hydrogen-bond donors (Lipinski definition) is 1. The Bertz CT molecular complexity index is 439. The average molecular weight is 353 g/mol. The highest BCUT2D eigenvalue weighted by Crippen LogP contribution is 2.34. The highest BCUT2D eigenvalue weighted by molar-refractivity contribution is 9.10. The maximum Gasteiger partial charge on any atom is 0.0499 e. The van der Waals surface area contributed by atoms with Crippen LogP contribution < -0.4 is 5.73 Å². The van der Waals surface area contributed by atoms with Crippen LogP contribution in [0.15, 0.2) is 28.7 Å². The predicted molar refractivity (Wildman–Crippen MR) is 94.3 cm³/mol. The van der Waals surface area contributed by atoms with E-state index in [0.29, 0.717) is 18.0 Å². The van der Waals surface area contributed by atoms with Gasteiger partial charge in [0.2, 0.25) is 0 Å². The van der Waals surface area contributed by atoms with Crippen LogP contribution >= 0.6 is 15.9 Å². The molecule has 2 atom stereocenters. The van der Waals surface area contributed by atoms with Crippen LogP contribution in [0, 0.1) is 5.92 Å². The van der Waals surface area contributed by atoms with Crippen LogP contribution in [0.3, 0.4) is 0 Å². The summed E-state index contributed by atoms with van der Waals surface area (Å²) in [6.45, 7) is 7.89. The van der Waals surface area contributed by atoms with Crippen molar-refractivity contribution in [3.63, 3.8) is 0 Å². The van der Waals surface area contributed by atoms with Crippen molar-refractivity contribution in [1.82, 2.24) is 4.90 Å². The molecule has 3 heteroatoms. The lowest BCUT2D eigenvalue weighted by Gasteiger charge is -2.40. The van der Waals surface area contributed by atoms with Crippen LogP contribution in [0.25, 0.3) is 0 Å². The molecule has 0 amide bonds. The Balaban J connectivity index is 2.31. The summed E-state index contributed by atoms with van der Waals surface area (Å²) < 4.78 is 1.14. The van der Waals surface area contributed by atoms with E-state index in [1.165, 1.54) is 31.2 Å². The average Bonchev–Trinajstić information content (AvgIpc) is 2.90. The van der Waals surface area contributed by atoms with E-state index >= 15 is 0 Å². The molecule has 0 saturated heterocycles. The molecule has 1 aliphatic rings. The smallest absolute Gasteiger partial charge is 0.0499 e. The monoisotopic (exact) mass is 352 g/mol. The zero-order valence-corrected chi connectivity index (χ0v) is 15.1.